The summed E-state index contributed by atoms with van der Waals surface area (Å²) in [6.45, 7) is 4.27. The SMILES string of the molecule is CCCCC/C=C\C\C=C/C=C/C=C/[C@@H](SC[C@H](N)C(=O)OC[C@H](COP(=O)(O)OCC[N+](C)(C)C)O/C=C/CCCCCC/C=C\CCCCCCCC)[C@@H](O)CCCC(=O)O. The van der Waals surface area contributed by atoms with Crippen molar-refractivity contribution in [1.82, 2.24) is 0 Å². The maximum atomic E-state index is 13.0. The third-order valence-electron chi connectivity index (χ3n) is 9.83. The number of nitrogens with zero attached hydrogens (tertiary/aromatic N) is 1. The van der Waals surface area contributed by atoms with Gasteiger partial charge in [0.1, 0.15) is 25.8 Å². The normalized spacial score (nSPS) is 15.6. The number of phosphoric ester groups is 1. The molecule has 5 atom stereocenters. The summed E-state index contributed by atoms with van der Waals surface area (Å²) in [6.07, 6.45) is 43.5. The Kier molecular flexibility index (Phi) is 39.4. The lowest BCUT2D eigenvalue weighted by Gasteiger charge is -2.24. The van der Waals surface area contributed by atoms with Crippen LogP contribution >= 0.6 is 19.6 Å². The Morgan fingerprint density at radius 3 is 1.94 bits per heavy atom. The number of likely N-dealkylation sites (N-methyl/N-ethyl adjacent to an activating group) is 1. The molecule has 0 bridgehead atoms. The van der Waals surface area contributed by atoms with Crippen LogP contribution in [0.5, 0.6) is 0 Å². The van der Waals surface area contributed by atoms with Crippen molar-refractivity contribution >= 4 is 31.5 Å². The highest BCUT2D eigenvalue weighted by molar-refractivity contribution is 8.00. The van der Waals surface area contributed by atoms with Crippen LogP contribution in [-0.2, 0) is 32.7 Å². The van der Waals surface area contributed by atoms with Gasteiger partial charge in [0.2, 0.25) is 0 Å². The van der Waals surface area contributed by atoms with Gasteiger partial charge in [-0.1, -0.05) is 132 Å². The first-order valence-electron chi connectivity index (χ1n) is 23.7. The number of aliphatic carboxylic acids is 1. The molecule has 0 aromatic rings. The van der Waals surface area contributed by atoms with Crippen molar-refractivity contribution in [3.63, 3.8) is 0 Å². The van der Waals surface area contributed by atoms with Gasteiger partial charge >= 0.3 is 19.8 Å². The Hall–Kier alpha value is -2.48. The number of nitrogens with two attached hydrogens (primary N) is 1. The number of aliphatic hydroxyl groups is 1. The van der Waals surface area contributed by atoms with Crippen LogP contribution in [0, 0.1) is 0 Å². The molecule has 0 aromatic heterocycles. The molecule has 364 valence electrons. The zero-order valence-corrected chi connectivity index (χ0v) is 41.4. The molecule has 0 amide bonds. The summed E-state index contributed by atoms with van der Waals surface area (Å²) in [4.78, 5) is 34.4. The Morgan fingerprint density at radius 2 is 1.30 bits per heavy atom. The minimum atomic E-state index is -4.41. The minimum Gasteiger partial charge on any atom is -0.492 e. The smallest absolute Gasteiger partial charge is 0.472 e. The molecule has 5 N–H and O–H groups in total. The van der Waals surface area contributed by atoms with E-state index in [-0.39, 0.29) is 38.4 Å². The number of thioether (sulfide) groups is 1. The van der Waals surface area contributed by atoms with E-state index >= 15 is 0 Å². The van der Waals surface area contributed by atoms with Crippen molar-refractivity contribution in [2.45, 2.75) is 172 Å². The summed E-state index contributed by atoms with van der Waals surface area (Å²) in [6, 6.07) is -1.05. The van der Waals surface area contributed by atoms with E-state index in [0.29, 0.717) is 17.4 Å². The molecule has 14 heteroatoms. The second kappa shape index (κ2) is 41.0. The lowest BCUT2D eigenvalue weighted by atomic mass is 10.1. The number of carbonyl (C=O) groups excluding carboxylic acids is 1. The molecule has 0 radical (unpaired) electrons. The first-order valence-corrected chi connectivity index (χ1v) is 26.2. The van der Waals surface area contributed by atoms with E-state index in [9.17, 15) is 24.2 Å². The topological polar surface area (TPSA) is 175 Å². The van der Waals surface area contributed by atoms with Gasteiger partial charge in [-0.2, -0.15) is 0 Å². The zero-order valence-electron chi connectivity index (χ0n) is 39.7. The number of hydrogen-bond donors (Lipinski definition) is 4. The van der Waals surface area contributed by atoms with Gasteiger partial charge < -0.3 is 34.8 Å². The fourth-order valence-corrected chi connectivity index (χ4v) is 7.78. The minimum absolute atomic E-state index is 0.00852. The predicted molar refractivity (Wildman–Crippen MR) is 261 cm³/mol. The largest absolute Gasteiger partial charge is 0.492 e. The Balaban J connectivity index is 5.18. The van der Waals surface area contributed by atoms with Crippen LogP contribution < -0.4 is 5.73 Å². The third kappa shape index (κ3) is 41.9. The van der Waals surface area contributed by atoms with Crippen molar-refractivity contribution in [3.8, 4) is 0 Å². The Labute approximate surface area is 386 Å². The van der Waals surface area contributed by atoms with Gasteiger partial charge in [-0.3, -0.25) is 18.6 Å². The van der Waals surface area contributed by atoms with Crippen molar-refractivity contribution < 1.29 is 52.3 Å². The van der Waals surface area contributed by atoms with E-state index in [2.05, 4.69) is 44.2 Å². The lowest BCUT2D eigenvalue weighted by Crippen LogP contribution is -2.38. The van der Waals surface area contributed by atoms with E-state index in [1.807, 2.05) is 57.6 Å². The molecule has 0 saturated heterocycles. The molecule has 0 spiro atoms. The molecule has 12 nitrogen and oxygen atoms in total. The van der Waals surface area contributed by atoms with Crippen LogP contribution in [0.3, 0.4) is 0 Å². The predicted octanol–water partition coefficient (Wildman–Crippen LogP) is 11.2. The number of allylic oxidation sites excluding steroid dienone is 10. The highest BCUT2D eigenvalue weighted by atomic mass is 32.2. The van der Waals surface area contributed by atoms with Crippen molar-refractivity contribution in [3.05, 3.63) is 73.1 Å². The van der Waals surface area contributed by atoms with Crippen molar-refractivity contribution in [1.29, 1.82) is 0 Å². The highest BCUT2D eigenvalue weighted by Gasteiger charge is 2.27. The fourth-order valence-electron chi connectivity index (χ4n) is 5.91. The Bertz CT molecular complexity index is 1360. The van der Waals surface area contributed by atoms with E-state index in [0.717, 1.165) is 51.4 Å². The molecule has 1 unspecified atom stereocenters. The number of phosphoric acid groups is 1. The summed E-state index contributed by atoms with van der Waals surface area (Å²) < 4.78 is 34.8. The van der Waals surface area contributed by atoms with Crippen molar-refractivity contribution in [2.75, 3.05) is 53.3 Å². The van der Waals surface area contributed by atoms with Gasteiger partial charge in [-0.15, -0.1) is 11.8 Å². The molecule has 0 rings (SSSR count). The molecule has 0 aliphatic heterocycles. The van der Waals surface area contributed by atoms with Gasteiger partial charge in [-0.25, -0.2) is 4.57 Å². The van der Waals surface area contributed by atoms with E-state index in [4.69, 9.17) is 29.4 Å². The van der Waals surface area contributed by atoms with Gasteiger partial charge in [0.05, 0.1) is 40.1 Å². The average molecular weight is 928 g/mol. The number of aliphatic hydroxyl groups excluding tert-OH is 1. The lowest BCUT2D eigenvalue weighted by molar-refractivity contribution is -0.870. The van der Waals surface area contributed by atoms with Gasteiger partial charge in [0.15, 0.2) is 6.10 Å². The number of carboxylic acids is 1. The van der Waals surface area contributed by atoms with E-state index < -0.39 is 43.3 Å². The number of esters is 1. The van der Waals surface area contributed by atoms with Crippen LogP contribution in [0.2, 0.25) is 0 Å². The average Bonchev–Trinajstić information content (AvgIpc) is 3.23. The molecular weight excluding hydrogens is 840 g/mol. The first-order chi connectivity index (χ1) is 30.2. The Morgan fingerprint density at radius 1 is 0.730 bits per heavy atom. The second-order valence-electron chi connectivity index (χ2n) is 17.0. The van der Waals surface area contributed by atoms with Crippen LogP contribution in [0.1, 0.15) is 149 Å². The molecule has 0 saturated carbocycles. The number of hydrogen-bond acceptors (Lipinski definition) is 10. The second-order valence-corrected chi connectivity index (χ2v) is 19.7. The number of carboxylic acid groups (broad SMARTS) is 1. The summed E-state index contributed by atoms with van der Waals surface area (Å²) in [5, 5.41) is 19.5. The number of rotatable bonds is 43. The first kappa shape index (κ1) is 60.5. The van der Waals surface area contributed by atoms with Gasteiger partial charge in [0, 0.05) is 17.4 Å². The zero-order chi connectivity index (χ0) is 46.9. The highest BCUT2D eigenvalue weighted by Crippen LogP contribution is 2.43. The molecular formula is C49H88N2O10PS+. The van der Waals surface area contributed by atoms with E-state index in [1.165, 1.54) is 82.2 Å². The third-order valence-corrected chi connectivity index (χ3v) is 12.2. The molecule has 63 heavy (non-hydrogen) atoms. The number of unbranched alkanes of at least 4 members (excludes halogenated alkanes) is 14. The molecule has 0 aliphatic carbocycles. The van der Waals surface area contributed by atoms with Crippen LogP contribution in [0.15, 0.2) is 73.1 Å². The standard InChI is InChI=1S/C49H87N2O10PS/c1-6-8-10-12-14-16-18-20-21-22-23-25-27-29-31-33-39-58-44(42-61-62(56,57)60-40-38-51(3,4)5)41-59-49(55)45(50)43-63-47(46(52)35-34-37-48(53)54)36-32-30-28-26-24-19-17-15-13-11-9-7-2/h15,17,20-21,24,26,28,30,32-33,36,39,44-47,52H,6-14,16,18-19,22-23,25,27,29,31,34-35,37-38,40-43,50H2,1-5H3,(H-,53,54,56,57)/p+1/b17-15-,21-20-,26-24-,30-28+,36-32+,39-33+/t44-,45+,46+,47-/m1/s1. The summed E-state index contributed by atoms with van der Waals surface area (Å²) in [7, 11) is 1.40. The fraction of sp³-hybridized carbons (Fsp3) is 0.714. The monoisotopic (exact) mass is 928 g/mol. The molecule has 0 aromatic carbocycles. The maximum Gasteiger partial charge on any atom is 0.472 e. The van der Waals surface area contributed by atoms with Crippen LogP contribution in [-0.4, -0.2) is 108 Å². The summed E-state index contributed by atoms with van der Waals surface area (Å²) in [5.41, 5.74) is 6.23. The van der Waals surface area contributed by atoms with Crippen LogP contribution in [0.25, 0.3) is 0 Å². The van der Waals surface area contributed by atoms with Crippen LogP contribution in [0.4, 0.5) is 0 Å². The number of ether oxygens (including phenoxy) is 2. The molecule has 0 heterocycles. The van der Waals surface area contributed by atoms with Gasteiger partial charge in [-0.05, 0) is 76.7 Å². The molecule has 0 aliphatic rings. The summed E-state index contributed by atoms with van der Waals surface area (Å²) in [5.74, 6) is -1.53. The van der Waals surface area contributed by atoms with E-state index in [1.54, 1.807) is 0 Å². The number of carbonyl (C=O) groups is 2. The van der Waals surface area contributed by atoms with Crippen molar-refractivity contribution in [2.24, 2.45) is 5.73 Å². The summed E-state index contributed by atoms with van der Waals surface area (Å²) >= 11 is 1.27. The maximum absolute atomic E-state index is 13.0. The van der Waals surface area contributed by atoms with Gasteiger partial charge in [0.25, 0.3) is 0 Å². The quantitative estimate of drug-likeness (QED) is 0.00868. The number of quaternary nitrogens is 1. The molecule has 0 fully saturated rings.